The standard InChI is InChI=1S/C38H32N7O4P3/c1-44(39-27-29-15-3-4-16-29)50(45(2)40-28-30-17-5-6-18-30)41-51(46-35-23-11-7-19-31(35)32-20-8-12-24-36(32)47-51)43-52(42-50)48-37-25-13-9-21-33(37)34-22-10-14-26-38(34)49-52/h3-28H,1-2H3/b39-27+,40-28+. The Morgan fingerprint density at radius 1 is 0.462 bits per heavy atom. The minimum Gasteiger partial charge on any atom is -0.413 e. The zero-order chi connectivity index (χ0) is 35.2. The number of nitrogens with zero attached hydrogens (tertiary/aromatic N) is 7. The van der Waals surface area contributed by atoms with Crippen molar-refractivity contribution in [1.29, 1.82) is 0 Å². The normalized spacial score (nSPS) is 20.7. The number of hydrogen-bond acceptors (Lipinski definition) is 11. The fourth-order valence-electron chi connectivity index (χ4n) is 6.08. The quantitative estimate of drug-likeness (QED) is 0.111. The smallest absolute Gasteiger partial charge is 0.413 e. The molecule has 2 fully saturated rings. The van der Waals surface area contributed by atoms with Gasteiger partial charge in [-0.05, 0) is 75.6 Å². The second-order valence-corrected chi connectivity index (χ2v) is 19.1. The van der Waals surface area contributed by atoms with Gasteiger partial charge in [-0.2, -0.15) is 10.2 Å². The van der Waals surface area contributed by atoms with Crippen molar-refractivity contribution in [3.8, 4) is 45.3 Å². The first-order valence-corrected chi connectivity index (χ1v) is 21.2. The third-order valence-electron chi connectivity index (χ3n) is 8.59. The van der Waals surface area contributed by atoms with E-state index in [4.69, 9.17) is 41.8 Å². The van der Waals surface area contributed by atoms with Crippen LogP contribution in [-0.4, -0.2) is 36.1 Å². The first-order valence-electron chi connectivity index (χ1n) is 16.5. The Hall–Kier alpha value is -4.29. The lowest BCUT2D eigenvalue weighted by atomic mass is 10.0. The number of hydrogen-bond donors (Lipinski definition) is 0. The Morgan fingerprint density at radius 3 is 1.15 bits per heavy atom. The summed E-state index contributed by atoms with van der Waals surface area (Å²) in [5, 5.41) is 9.87. The highest BCUT2D eigenvalue weighted by Crippen LogP contribution is 2.81. The number of hydrazone groups is 2. The van der Waals surface area contributed by atoms with Gasteiger partial charge in [0.25, 0.3) is 0 Å². The van der Waals surface area contributed by atoms with E-state index in [0.29, 0.717) is 23.0 Å². The van der Waals surface area contributed by atoms with E-state index < -0.39 is 22.8 Å². The van der Waals surface area contributed by atoms with Gasteiger partial charge in [-0.25, -0.2) is 9.56 Å². The van der Waals surface area contributed by atoms with Crippen LogP contribution < -0.4 is 18.1 Å². The molecule has 4 aromatic carbocycles. The summed E-state index contributed by atoms with van der Waals surface area (Å²) in [5.74, 6) is 4.08. The Labute approximate surface area is 305 Å². The molecule has 2 saturated carbocycles. The molecule has 52 heavy (non-hydrogen) atoms. The van der Waals surface area contributed by atoms with E-state index in [1.165, 1.54) is 0 Å². The van der Waals surface area contributed by atoms with E-state index in [-0.39, 0.29) is 0 Å². The van der Waals surface area contributed by atoms with E-state index in [9.17, 15) is 0 Å². The zero-order valence-electron chi connectivity index (χ0n) is 28.1. The maximum absolute atomic E-state index is 7.00. The summed E-state index contributed by atoms with van der Waals surface area (Å²) >= 11 is 0. The van der Waals surface area contributed by atoms with Crippen LogP contribution in [0.5, 0.6) is 23.0 Å². The summed E-state index contributed by atoms with van der Waals surface area (Å²) in [6.45, 7) is 0. The van der Waals surface area contributed by atoms with Gasteiger partial charge in [0.1, 0.15) is 23.0 Å². The van der Waals surface area contributed by atoms with E-state index >= 15 is 0 Å². The van der Waals surface area contributed by atoms with Crippen LogP contribution in [0.2, 0.25) is 0 Å². The molecule has 3 aliphatic heterocycles. The molecule has 258 valence electrons. The number of benzene rings is 4. The van der Waals surface area contributed by atoms with Crippen molar-refractivity contribution in [1.82, 2.24) is 9.56 Å². The monoisotopic (exact) mass is 743 g/mol. The molecule has 0 saturated heterocycles. The summed E-state index contributed by atoms with van der Waals surface area (Å²) in [4.78, 5) is 0. The van der Waals surface area contributed by atoms with E-state index in [0.717, 1.165) is 34.1 Å². The van der Waals surface area contributed by atoms with Gasteiger partial charge >= 0.3 is 22.8 Å². The molecule has 2 spiro atoms. The summed E-state index contributed by atoms with van der Waals surface area (Å²) in [6.07, 6.45) is 19.3. The van der Waals surface area contributed by atoms with E-state index in [1.54, 1.807) is 22.0 Å². The second-order valence-electron chi connectivity index (χ2n) is 12.0. The third kappa shape index (κ3) is 6.17. The van der Waals surface area contributed by atoms with Crippen molar-refractivity contribution in [2.75, 3.05) is 14.1 Å². The lowest BCUT2D eigenvalue weighted by molar-refractivity contribution is 0.454. The molecule has 0 unspecified atom stereocenters. The van der Waals surface area contributed by atoms with Crippen molar-refractivity contribution in [2.24, 2.45) is 23.7 Å². The van der Waals surface area contributed by atoms with Crippen LogP contribution in [0.4, 0.5) is 0 Å². The van der Waals surface area contributed by atoms with Crippen molar-refractivity contribution in [3.63, 3.8) is 0 Å². The Kier molecular flexibility index (Phi) is 8.77. The predicted octanol–water partition coefficient (Wildman–Crippen LogP) is 10.8. The van der Waals surface area contributed by atoms with Crippen LogP contribution in [0.1, 0.15) is 0 Å². The molecule has 0 bridgehead atoms. The van der Waals surface area contributed by atoms with Gasteiger partial charge in [0.05, 0.1) is 0 Å². The van der Waals surface area contributed by atoms with Gasteiger partial charge in [-0.1, -0.05) is 77.3 Å². The van der Waals surface area contributed by atoms with Crippen LogP contribution in [-0.2, 0) is 0 Å². The highest BCUT2D eigenvalue weighted by molar-refractivity contribution is 7.80. The molecular weight excluding hydrogens is 711 g/mol. The molecule has 3 heterocycles. The van der Waals surface area contributed by atoms with Crippen LogP contribution >= 0.6 is 22.8 Å². The van der Waals surface area contributed by atoms with E-state index in [2.05, 4.69) is 0 Å². The van der Waals surface area contributed by atoms with Gasteiger partial charge < -0.3 is 18.1 Å². The number of rotatable bonds is 6. The molecule has 5 aliphatic rings. The fourth-order valence-corrected chi connectivity index (χ4v) is 16.6. The van der Waals surface area contributed by atoms with Crippen LogP contribution in [0.25, 0.3) is 22.3 Å². The van der Waals surface area contributed by atoms with Gasteiger partial charge in [-0.15, -0.1) is 9.03 Å². The average molecular weight is 744 g/mol. The molecular formula is C38H32N7O4P3. The molecule has 4 aromatic rings. The molecule has 11 nitrogen and oxygen atoms in total. The lowest BCUT2D eigenvalue weighted by Crippen LogP contribution is -2.22. The third-order valence-corrected chi connectivity index (χ3v) is 17.6. The summed E-state index contributed by atoms with van der Waals surface area (Å²) < 4.78 is 47.8. The van der Waals surface area contributed by atoms with Gasteiger partial charge in [0.15, 0.2) is 0 Å². The Bertz CT molecular complexity index is 2010. The lowest BCUT2D eigenvalue weighted by Gasteiger charge is -2.38. The van der Waals surface area contributed by atoms with Gasteiger partial charge in [0.2, 0.25) is 0 Å². The van der Waals surface area contributed by atoms with Crippen LogP contribution in [0.15, 0.2) is 121 Å². The van der Waals surface area contributed by atoms with Crippen molar-refractivity contribution in [3.05, 3.63) is 160 Å². The molecule has 0 aromatic heterocycles. The minimum absolute atomic E-state index is 0.563. The molecule has 10 radical (unpaired) electrons. The van der Waals surface area contributed by atoms with Crippen molar-refractivity contribution >= 4 is 35.3 Å². The Morgan fingerprint density at radius 2 is 0.788 bits per heavy atom. The SMILES string of the molecule is CN(/N=C/[C]1[CH][CH][CH][CH]1)P1(N(C)/N=C/[C]2[CH][CH][CH][CH]2)=NP2(=NP3(=N1)Oc1ccccc1-c1ccccc1O3)Oc1ccccc1-c1ccccc1O2. The predicted molar refractivity (Wildman–Crippen MR) is 208 cm³/mol. The maximum atomic E-state index is 7.00. The highest BCUT2D eigenvalue weighted by atomic mass is 31.3. The maximum Gasteiger partial charge on any atom is 0.458 e. The van der Waals surface area contributed by atoms with E-state index in [1.807, 2.05) is 163 Å². The second kappa shape index (κ2) is 13.6. The number of para-hydroxylation sites is 4. The van der Waals surface area contributed by atoms with Crippen LogP contribution in [0, 0.1) is 63.2 Å². The van der Waals surface area contributed by atoms with Crippen molar-refractivity contribution in [2.45, 2.75) is 0 Å². The molecule has 0 amide bonds. The van der Waals surface area contributed by atoms with Gasteiger partial charge in [-0.3, -0.25) is 0 Å². The molecule has 0 atom stereocenters. The summed E-state index contributed by atoms with van der Waals surface area (Å²) in [7, 11) is -7.47. The summed E-state index contributed by atoms with van der Waals surface area (Å²) in [5.41, 5.74) is 3.40. The minimum atomic E-state index is -3.79. The topological polar surface area (TPSA) is 105 Å². The first kappa shape index (κ1) is 33.5. The molecule has 0 N–H and O–H groups in total. The zero-order valence-corrected chi connectivity index (χ0v) is 30.8. The highest BCUT2D eigenvalue weighted by Gasteiger charge is 2.51. The van der Waals surface area contributed by atoms with Crippen molar-refractivity contribution < 1.29 is 18.1 Å². The molecule has 9 rings (SSSR count). The summed E-state index contributed by atoms with van der Waals surface area (Å²) in [6, 6.07) is 31.1. The Balaban J connectivity index is 1.33. The van der Waals surface area contributed by atoms with Gasteiger partial charge in [0, 0.05) is 60.6 Å². The number of fused-ring (bicyclic) bond motifs is 6. The molecule has 2 aliphatic carbocycles. The fraction of sp³-hybridized carbons (Fsp3) is 0.0526. The average Bonchev–Trinajstić information content (AvgIpc) is 3.84. The largest absolute Gasteiger partial charge is 0.458 e. The molecule has 14 heteroatoms. The van der Waals surface area contributed by atoms with Crippen LogP contribution in [0.3, 0.4) is 0 Å². The first-order chi connectivity index (χ1) is 25.4.